The number of rotatable bonds is 5. The van der Waals surface area contributed by atoms with E-state index in [1.807, 2.05) is 54.5 Å². The molecule has 3 aliphatic rings. The first-order valence-electron chi connectivity index (χ1n) is 11.4. The summed E-state index contributed by atoms with van der Waals surface area (Å²) in [6.45, 7) is 6.23. The van der Waals surface area contributed by atoms with E-state index >= 15 is 0 Å². The van der Waals surface area contributed by atoms with Gasteiger partial charge in [0.15, 0.2) is 0 Å². The summed E-state index contributed by atoms with van der Waals surface area (Å²) in [5.41, 5.74) is 3.17. The molecule has 1 aromatic heterocycles. The molecule has 2 aromatic carbocycles. The van der Waals surface area contributed by atoms with Gasteiger partial charge in [-0.25, -0.2) is 0 Å². The summed E-state index contributed by atoms with van der Waals surface area (Å²) in [7, 11) is 1.97. The molecule has 5 heteroatoms. The third kappa shape index (κ3) is 3.91. The lowest BCUT2D eigenvalue weighted by molar-refractivity contribution is -0.0391. The number of hydrogen-bond donors (Lipinski definition) is 0. The molecule has 6 rings (SSSR count). The predicted octanol–water partition coefficient (Wildman–Crippen LogP) is 5.61. The average Bonchev–Trinajstić information content (AvgIpc) is 2.87. The maximum atomic E-state index is 6.68. The lowest BCUT2D eigenvalue weighted by Crippen LogP contribution is -2.55. The van der Waals surface area contributed by atoms with Crippen LogP contribution in [0.2, 0.25) is 0 Å². The Balaban J connectivity index is 1.51. The zero-order chi connectivity index (χ0) is 22.1. The fraction of sp³-hybridized carbons (Fsp3) is 0.333. The van der Waals surface area contributed by atoms with Crippen molar-refractivity contribution in [1.82, 2.24) is 9.88 Å². The Morgan fingerprint density at radius 1 is 1.19 bits per heavy atom. The third-order valence-electron chi connectivity index (χ3n) is 7.14. The Kier molecular flexibility index (Phi) is 5.94. The van der Waals surface area contributed by atoms with Gasteiger partial charge in [0.2, 0.25) is 0 Å². The molecule has 0 radical (unpaired) electrons. The van der Waals surface area contributed by atoms with Gasteiger partial charge in [-0.1, -0.05) is 42.5 Å². The van der Waals surface area contributed by atoms with Crippen LogP contribution in [-0.2, 0) is 4.74 Å². The molecule has 0 amide bonds. The van der Waals surface area contributed by atoms with Crippen molar-refractivity contribution in [2.45, 2.75) is 25.0 Å². The zero-order valence-corrected chi connectivity index (χ0v) is 19.2. The number of benzene rings is 2. The van der Waals surface area contributed by atoms with Crippen LogP contribution in [0.4, 0.5) is 5.69 Å². The van der Waals surface area contributed by atoms with Gasteiger partial charge in [0, 0.05) is 36.4 Å². The second kappa shape index (κ2) is 9.00. The molecule has 1 unspecified atom stereocenters. The molecule has 164 valence electrons. The van der Waals surface area contributed by atoms with Crippen LogP contribution in [0.25, 0.3) is 10.9 Å². The molecule has 3 aliphatic heterocycles. The van der Waals surface area contributed by atoms with E-state index < -0.39 is 0 Å². The highest BCUT2D eigenvalue weighted by Gasteiger charge is 2.44. The SMILES string of the molecule is C=C[C@H]1CN2CC[C@H]1C[C@@H]2[C@@H](OC(=S)N(C)c1ccccc1)c1ccnc2ccccc12. The number of piperidine rings is 3. The molecule has 0 spiro atoms. The molecule has 5 atom stereocenters. The van der Waals surface area contributed by atoms with E-state index in [-0.39, 0.29) is 12.1 Å². The summed E-state index contributed by atoms with van der Waals surface area (Å²) in [6.07, 6.45) is 6.19. The van der Waals surface area contributed by atoms with Crippen LogP contribution in [0.3, 0.4) is 0 Å². The molecule has 3 fully saturated rings. The Hall–Kier alpha value is -2.76. The molecular formula is C27H29N3OS. The minimum atomic E-state index is -0.157. The second-order valence-electron chi connectivity index (χ2n) is 8.86. The molecule has 0 aliphatic carbocycles. The molecule has 3 saturated heterocycles. The number of thiocarbonyl (C=S) groups is 1. The molecule has 3 aromatic rings. The number of pyridine rings is 1. The predicted molar refractivity (Wildman–Crippen MR) is 135 cm³/mol. The first-order chi connectivity index (χ1) is 15.7. The summed E-state index contributed by atoms with van der Waals surface area (Å²) >= 11 is 5.81. The summed E-state index contributed by atoms with van der Waals surface area (Å²) in [4.78, 5) is 9.11. The van der Waals surface area contributed by atoms with Crippen LogP contribution in [0.1, 0.15) is 24.5 Å². The largest absolute Gasteiger partial charge is 0.461 e. The zero-order valence-electron chi connectivity index (χ0n) is 18.4. The molecule has 32 heavy (non-hydrogen) atoms. The Morgan fingerprint density at radius 3 is 2.72 bits per heavy atom. The smallest absolute Gasteiger partial charge is 0.264 e. The first kappa shape index (κ1) is 21.1. The van der Waals surface area contributed by atoms with Gasteiger partial charge in [0.05, 0.1) is 11.6 Å². The van der Waals surface area contributed by atoms with Crippen molar-refractivity contribution in [3.05, 3.63) is 85.1 Å². The number of fused-ring (bicyclic) bond motifs is 4. The van der Waals surface area contributed by atoms with Crippen LogP contribution in [-0.4, -0.2) is 41.2 Å². The fourth-order valence-corrected chi connectivity index (χ4v) is 5.56. The van der Waals surface area contributed by atoms with Crippen molar-refractivity contribution >= 4 is 34.0 Å². The number of aromatic nitrogens is 1. The van der Waals surface area contributed by atoms with Crippen molar-refractivity contribution in [1.29, 1.82) is 0 Å². The summed E-state index contributed by atoms with van der Waals surface area (Å²) in [5.74, 6) is 1.22. The Labute approximate surface area is 195 Å². The quantitative estimate of drug-likeness (QED) is 0.378. The van der Waals surface area contributed by atoms with Crippen molar-refractivity contribution < 1.29 is 4.74 Å². The van der Waals surface area contributed by atoms with E-state index in [1.165, 1.54) is 6.42 Å². The van der Waals surface area contributed by atoms with Crippen LogP contribution >= 0.6 is 12.2 Å². The van der Waals surface area contributed by atoms with E-state index in [1.54, 1.807) is 0 Å². The van der Waals surface area contributed by atoms with Gasteiger partial charge in [0.1, 0.15) is 6.10 Å². The first-order valence-corrected chi connectivity index (χ1v) is 11.8. The summed E-state index contributed by atoms with van der Waals surface area (Å²) in [6, 6.07) is 20.8. The third-order valence-corrected chi connectivity index (χ3v) is 7.51. The monoisotopic (exact) mass is 443 g/mol. The highest BCUT2D eigenvalue weighted by atomic mass is 32.1. The number of anilines is 1. The standard InChI is InChI=1S/C27H29N3OS/c1-3-19-18-30-16-14-20(19)17-25(30)26(23-13-15-28-24-12-8-7-11-22(23)24)31-27(32)29(2)21-9-5-4-6-10-21/h3-13,15,19-20,25-26H,1,14,16-18H2,2H3/t19-,20-,25+,26-/m0/s1. The minimum absolute atomic E-state index is 0.157. The molecule has 2 bridgehead atoms. The molecule has 4 heterocycles. The van der Waals surface area contributed by atoms with Crippen molar-refractivity contribution in [2.75, 3.05) is 25.0 Å². The lowest BCUT2D eigenvalue weighted by Gasteiger charge is -2.51. The number of ether oxygens (including phenoxy) is 1. The molecule has 0 N–H and O–H groups in total. The van der Waals surface area contributed by atoms with Gasteiger partial charge in [-0.3, -0.25) is 9.88 Å². The van der Waals surface area contributed by atoms with Gasteiger partial charge in [0.25, 0.3) is 5.17 Å². The molecule has 0 saturated carbocycles. The van der Waals surface area contributed by atoms with Crippen LogP contribution in [0.15, 0.2) is 79.5 Å². The summed E-state index contributed by atoms with van der Waals surface area (Å²) < 4.78 is 6.68. The highest BCUT2D eigenvalue weighted by molar-refractivity contribution is 7.80. The van der Waals surface area contributed by atoms with E-state index in [4.69, 9.17) is 17.0 Å². The highest BCUT2D eigenvalue weighted by Crippen LogP contribution is 2.43. The van der Waals surface area contributed by atoms with Crippen LogP contribution in [0.5, 0.6) is 0 Å². The average molecular weight is 444 g/mol. The van der Waals surface area contributed by atoms with Crippen molar-refractivity contribution in [3.63, 3.8) is 0 Å². The maximum Gasteiger partial charge on any atom is 0.264 e. The van der Waals surface area contributed by atoms with Crippen LogP contribution in [0, 0.1) is 11.8 Å². The van der Waals surface area contributed by atoms with E-state index in [0.29, 0.717) is 17.0 Å². The normalized spacial score (nSPS) is 25.3. The fourth-order valence-electron chi connectivity index (χ4n) is 5.35. The maximum absolute atomic E-state index is 6.68. The Bertz CT molecular complexity index is 1110. The van der Waals surface area contributed by atoms with E-state index in [9.17, 15) is 0 Å². The van der Waals surface area contributed by atoms with Crippen molar-refractivity contribution in [2.24, 2.45) is 11.8 Å². The minimum Gasteiger partial charge on any atom is -0.461 e. The Morgan fingerprint density at radius 2 is 1.97 bits per heavy atom. The topological polar surface area (TPSA) is 28.6 Å². The number of nitrogens with zero attached hydrogens (tertiary/aromatic N) is 3. The lowest BCUT2D eigenvalue weighted by atomic mass is 9.73. The number of para-hydroxylation sites is 2. The molecular weight excluding hydrogens is 414 g/mol. The summed E-state index contributed by atoms with van der Waals surface area (Å²) in [5, 5.41) is 1.62. The second-order valence-corrected chi connectivity index (χ2v) is 9.21. The van der Waals surface area contributed by atoms with Gasteiger partial charge in [-0.15, -0.1) is 6.58 Å². The van der Waals surface area contributed by atoms with Crippen LogP contribution < -0.4 is 4.90 Å². The van der Waals surface area contributed by atoms with Gasteiger partial charge in [-0.2, -0.15) is 0 Å². The van der Waals surface area contributed by atoms with Crippen molar-refractivity contribution in [3.8, 4) is 0 Å². The van der Waals surface area contributed by atoms with Gasteiger partial charge < -0.3 is 9.64 Å². The molecule has 4 nitrogen and oxygen atoms in total. The van der Waals surface area contributed by atoms with Gasteiger partial charge >= 0.3 is 0 Å². The van der Waals surface area contributed by atoms with Gasteiger partial charge in [-0.05, 0) is 67.7 Å². The van der Waals surface area contributed by atoms with E-state index in [2.05, 4.69) is 46.8 Å². The number of hydrogen-bond acceptors (Lipinski definition) is 4. The van der Waals surface area contributed by atoms with E-state index in [0.717, 1.165) is 41.7 Å².